The van der Waals surface area contributed by atoms with Gasteiger partial charge >= 0.3 is 0 Å². The fourth-order valence-electron chi connectivity index (χ4n) is 2.51. The maximum absolute atomic E-state index is 11.9. The smallest absolute Gasteiger partial charge is 0.154 e. The first-order valence-electron chi connectivity index (χ1n) is 6.81. The highest BCUT2D eigenvalue weighted by molar-refractivity contribution is 5.87. The molecule has 0 saturated carbocycles. The Morgan fingerprint density at radius 3 is 3.00 bits per heavy atom. The normalized spacial score (nSPS) is 21.3. The van der Waals surface area contributed by atoms with Crippen LogP contribution in [-0.2, 0) is 9.59 Å². The third kappa shape index (κ3) is 3.20. The summed E-state index contributed by atoms with van der Waals surface area (Å²) < 4.78 is 0. The van der Waals surface area contributed by atoms with Crippen LogP contribution in [0, 0.1) is 0 Å². The molecule has 4 heteroatoms. The van der Waals surface area contributed by atoms with Crippen LogP contribution in [0.5, 0.6) is 0 Å². The summed E-state index contributed by atoms with van der Waals surface area (Å²) in [6, 6.07) is 8.03. The van der Waals surface area contributed by atoms with Crippen molar-refractivity contribution in [2.24, 2.45) is 0 Å². The molecular formula is C15H20N2O2. The zero-order chi connectivity index (χ0) is 13.7. The molecule has 1 aromatic rings. The van der Waals surface area contributed by atoms with Gasteiger partial charge in [0.05, 0.1) is 6.04 Å². The Morgan fingerprint density at radius 1 is 1.47 bits per heavy atom. The van der Waals surface area contributed by atoms with Crippen molar-refractivity contribution in [1.82, 2.24) is 5.32 Å². The summed E-state index contributed by atoms with van der Waals surface area (Å²) in [5.41, 5.74) is 2.19. The molecule has 0 amide bonds. The molecule has 1 unspecified atom stereocenters. The Bertz CT molecular complexity index is 459. The molecule has 0 saturated heterocycles. The second-order valence-corrected chi connectivity index (χ2v) is 4.80. The Morgan fingerprint density at radius 2 is 2.26 bits per heavy atom. The van der Waals surface area contributed by atoms with Gasteiger partial charge in [0.25, 0.3) is 0 Å². The molecule has 0 bridgehead atoms. The molecule has 1 aliphatic rings. The lowest BCUT2D eigenvalue weighted by molar-refractivity contribution is -0.119. The lowest BCUT2D eigenvalue weighted by atomic mass is 9.90. The standard InChI is InChI=1S/C15H20N2O2/c1-2-15(19)14-10-13(16-8-5-9-18)11-6-3-4-7-12(11)17-14/h3-4,6-7,9,13-14,16-17H,2,5,8,10H2,1H3/t13?,14-/m0/s1. The summed E-state index contributed by atoms with van der Waals surface area (Å²) in [6.07, 6.45) is 2.69. The predicted molar refractivity (Wildman–Crippen MR) is 75.2 cm³/mol. The van der Waals surface area contributed by atoms with Crippen LogP contribution in [0.25, 0.3) is 0 Å². The van der Waals surface area contributed by atoms with E-state index < -0.39 is 0 Å². The molecule has 0 aliphatic carbocycles. The molecule has 4 nitrogen and oxygen atoms in total. The first-order valence-corrected chi connectivity index (χ1v) is 6.81. The van der Waals surface area contributed by atoms with Crippen LogP contribution in [0.3, 0.4) is 0 Å². The van der Waals surface area contributed by atoms with Gasteiger partial charge in [-0.15, -0.1) is 0 Å². The number of fused-ring (bicyclic) bond motifs is 1. The summed E-state index contributed by atoms with van der Waals surface area (Å²) in [6.45, 7) is 2.54. The fourth-order valence-corrected chi connectivity index (χ4v) is 2.51. The highest BCUT2D eigenvalue weighted by Gasteiger charge is 2.29. The fraction of sp³-hybridized carbons (Fsp3) is 0.467. The number of ketones is 1. The molecule has 19 heavy (non-hydrogen) atoms. The van der Waals surface area contributed by atoms with Crippen molar-refractivity contribution < 1.29 is 9.59 Å². The molecule has 2 rings (SSSR count). The SMILES string of the molecule is CCC(=O)[C@@H]1CC(NCCC=O)c2ccccc2N1. The number of carbonyl (C=O) groups is 2. The van der Waals surface area contributed by atoms with Crippen molar-refractivity contribution >= 4 is 17.8 Å². The minimum atomic E-state index is -0.131. The quantitative estimate of drug-likeness (QED) is 0.607. The van der Waals surface area contributed by atoms with Crippen molar-refractivity contribution in [3.05, 3.63) is 29.8 Å². The molecule has 0 aromatic heterocycles. The molecule has 0 fully saturated rings. The van der Waals surface area contributed by atoms with Gasteiger partial charge in [-0.2, -0.15) is 0 Å². The number of anilines is 1. The first-order chi connectivity index (χ1) is 9.26. The van der Waals surface area contributed by atoms with Crippen molar-refractivity contribution in [2.75, 3.05) is 11.9 Å². The van der Waals surface area contributed by atoms with Crippen LogP contribution < -0.4 is 10.6 Å². The van der Waals surface area contributed by atoms with E-state index in [0.29, 0.717) is 19.4 Å². The van der Waals surface area contributed by atoms with Crippen molar-refractivity contribution in [3.8, 4) is 0 Å². The number of nitrogens with one attached hydrogen (secondary N) is 2. The van der Waals surface area contributed by atoms with Crippen molar-refractivity contribution in [2.45, 2.75) is 38.3 Å². The number of hydrogen-bond donors (Lipinski definition) is 2. The zero-order valence-electron chi connectivity index (χ0n) is 11.2. The van der Waals surface area contributed by atoms with E-state index in [-0.39, 0.29) is 17.9 Å². The van der Waals surface area contributed by atoms with Gasteiger partial charge < -0.3 is 15.4 Å². The van der Waals surface area contributed by atoms with Crippen LogP contribution in [0.4, 0.5) is 5.69 Å². The summed E-state index contributed by atoms with van der Waals surface area (Å²) >= 11 is 0. The van der Waals surface area contributed by atoms with Crippen LogP contribution in [0.15, 0.2) is 24.3 Å². The number of carbonyl (C=O) groups excluding carboxylic acids is 2. The lowest BCUT2D eigenvalue weighted by Gasteiger charge is -2.33. The predicted octanol–water partition coefficient (Wildman–Crippen LogP) is 2.07. The van der Waals surface area contributed by atoms with Gasteiger partial charge in [-0.05, 0) is 18.1 Å². The van der Waals surface area contributed by atoms with E-state index in [9.17, 15) is 9.59 Å². The molecular weight excluding hydrogens is 240 g/mol. The average Bonchev–Trinajstić information content (AvgIpc) is 2.46. The van der Waals surface area contributed by atoms with Gasteiger partial charge in [-0.1, -0.05) is 25.1 Å². The summed E-state index contributed by atoms with van der Waals surface area (Å²) in [7, 11) is 0. The van der Waals surface area contributed by atoms with Gasteiger partial charge in [-0.3, -0.25) is 4.79 Å². The first kappa shape index (κ1) is 13.7. The minimum absolute atomic E-state index is 0.131. The second-order valence-electron chi connectivity index (χ2n) is 4.80. The van der Waals surface area contributed by atoms with E-state index in [1.807, 2.05) is 25.1 Å². The number of hydrogen-bond acceptors (Lipinski definition) is 4. The largest absolute Gasteiger partial charge is 0.375 e. The van der Waals surface area contributed by atoms with Gasteiger partial charge in [0.2, 0.25) is 0 Å². The number of benzene rings is 1. The van der Waals surface area contributed by atoms with Gasteiger partial charge in [0.1, 0.15) is 6.29 Å². The lowest BCUT2D eigenvalue weighted by Crippen LogP contribution is -2.39. The Kier molecular flexibility index (Phi) is 4.68. The monoisotopic (exact) mass is 260 g/mol. The zero-order valence-corrected chi connectivity index (χ0v) is 11.2. The molecule has 2 N–H and O–H groups in total. The van der Waals surface area contributed by atoms with Crippen LogP contribution >= 0.6 is 0 Å². The van der Waals surface area contributed by atoms with Crippen LogP contribution in [0.2, 0.25) is 0 Å². The molecule has 2 atom stereocenters. The van der Waals surface area contributed by atoms with E-state index in [1.165, 1.54) is 5.56 Å². The van der Waals surface area contributed by atoms with E-state index in [1.54, 1.807) is 0 Å². The van der Waals surface area contributed by atoms with E-state index in [0.717, 1.165) is 18.4 Å². The van der Waals surface area contributed by atoms with E-state index in [2.05, 4.69) is 16.7 Å². The van der Waals surface area contributed by atoms with E-state index >= 15 is 0 Å². The number of aldehydes is 1. The summed E-state index contributed by atoms with van der Waals surface area (Å²) in [4.78, 5) is 22.3. The van der Waals surface area contributed by atoms with Gasteiger partial charge in [0.15, 0.2) is 5.78 Å². The molecule has 0 spiro atoms. The molecule has 0 radical (unpaired) electrons. The Hall–Kier alpha value is -1.68. The van der Waals surface area contributed by atoms with Crippen LogP contribution in [-0.4, -0.2) is 24.7 Å². The highest BCUT2D eigenvalue weighted by atomic mass is 16.1. The molecule has 1 heterocycles. The molecule has 1 aromatic carbocycles. The third-order valence-corrected chi connectivity index (χ3v) is 3.53. The number of rotatable bonds is 6. The van der Waals surface area contributed by atoms with Crippen molar-refractivity contribution in [3.63, 3.8) is 0 Å². The average molecular weight is 260 g/mol. The number of para-hydroxylation sites is 1. The highest BCUT2D eigenvalue weighted by Crippen LogP contribution is 2.32. The van der Waals surface area contributed by atoms with Gasteiger partial charge in [-0.25, -0.2) is 0 Å². The number of Topliss-reactive ketones (excluding diaryl/α,β-unsaturated/α-hetero) is 1. The Balaban J connectivity index is 2.16. The van der Waals surface area contributed by atoms with Gasteiger partial charge in [0, 0.05) is 31.1 Å². The van der Waals surface area contributed by atoms with Crippen LogP contribution in [0.1, 0.15) is 37.8 Å². The topological polar surface area (TPSA) is 58.2 Å². The maximum atomic E-state index is 11.9. The third-order valence-electron chi connectivity index (χ3n) is 3.53. The minimum Gasteiger partial charge on any atom is -0.375 e. The molecule has 1 aliphatic heterocycles. The molecule has 102 valence electrons. The van der Waals surface area contributed by atoms with E-state index in [4.69, 9.17) is 0 Å². The maximum Gasteiger partial charge on any atom is 0.154 e. The second kappa shape index (κ2) is 6.48. The summed E-state index contributed by atoms with van der Waals surface area (Å²) in [5.74, 6) is 0.233. The summed E-state index contributed by atoms with van der Waals surface area (Å²) in [5, 5.41) is 6.67. The Labute approximate surface area is 113 Å². The van der Waals surface area contributed by atoms with Crippen molar-refractivity contribution in [1.29, 1.82) is 0 Å².